The lowest BCUT2D eigenvalue weighted by Crippen LogP contribution is -2.50. The molecule has 13 heavy (non-hydrogen) atoms. The third-order valence-electron chi connectivity index (χ3n) is 3.53. The standard InChI is InChI=1S/C11H22N2/c1-10-5-6-11(2)13(9-10)12-7-3-4-8-12/h10-11H,3-9H2,1-2H3. The maximum Gasteiger partial charge on any atom is 0.0217 e. The van der Waals surface area contributed by atoms with E-state index in [1.54, 1.807) is 0 Å². The van der Waals surface area contributed by atoms with Gasteiger partial charge in [0, 0.05) is 25.7 Å². The summed E-state index contributed by atoms with van der Waals surface area (Å²) >= 11 is 0. The van der Waals surface area contributed by atoms with Crippen LogP contribution >= 0.6 is 0 Å². The topological polar surface area (TPSA) is 6.48 Å². The Morgan fingerprint density at radius 3 is 2.38 bits per heavy atom. The average Bonchev–Trinajstić information content (AvgIpc) is 2.61. The Hall–Kier alpha value is -0.0800. The molecule has 2 fully saturated rings. The normalized spacial score (nSPS) is 38.3. The zero-order valence-corrected chi connectivity index (χ0v) is 9.00. The third kappa shape index (κ3) is 2.05. The van der Waals surface area contributed by atoms with Crippen LogP contribution in [-0.4, -0.2) is 35.7 Å². The molecule has 2 aliphatic rings. The van der Waals surface area contributed by atoms with Gasteiger partial charge >= 0.3 is 0 Å². The van der Waals surface area contributed by atoms with E-state index in [0.717, 1.165) is 12.0 Å². The Morgan fingerprint density at radius 2 is 1.69 bits per heavy atom. The zero-order chi connectivity index (χ0) is 9.26. The van der Waals surface area contributed by atoms with Crippen molar-refractivity contribution in [2.24, 2.45) is 5.92 Å². The summed E-state index contributed by atoms with van der Waals surface area (Å²) in [5.41, 5.74) is 0. The lowest BCUT2D eigenvalue weighted by atomic mass is 9.96. The molecule has 0 aromatic heterocycles. The van der Waals surface area contributed by atoms with Crippen LogP contribution in [0.1, 0.15) is 39.5 Å². The van der Waals surface area contributed by atoms with Gasteiger partial charge in [-0.3, -0.25) is 0 Å². The van der Waals surface area contributed by atoms with Gasteiger partial charge in [-0.05, 0) is 38.5 Å². The van der Waals surface area contributed by atoms with Crippen LogP contribution in [-0.2, 0) is 0 Å². The van der Waals surface area contributed by atoms with Crippen molar-refractivity contribution in [2.75, 3.05) is 19.6 Å². The summed E-state index contributed by atoms with van der Waals surface area (Å²) in [5, 5.41) is 5.21. The van der Waals surface area contributed by atoms with Gasteiger partial charge in [0.05, 0.1) is 0 Å². The third-order valence-corrected chi connectivity index (χ3v) is 3.53. The fraction of sp³-hybridized carbons (Fsp3) is 1.00. The van der Waals surface area contributed by atoms with E-state index in [2.05, 4.69) is 23.9 Å². The molecule has 0 spiro atoms. The summed E-state index contributed by atoms with van der Waals surface area (Å²) in [7, 11) is 0. The van der Waals surface area contributed by atoms with Gasteiger partial charge in [0.1, 0.15) is 0 Å². The van der Waals surface area contributed by atoms with E-state index in [9.17, 15) is 0 Å². The van der Waals surface area contributed by atoms with E-state index in [1.807, 2.05) is 0 Å². The molecule has 0 amide bonds. The number of hydrogen-bond donors (Lipinski definition) is 0. The molecule has 76 valence electrons. The van der Waals surface area contributed by atoms with Crippen LogP contribution in [0.4, 0.5) is 0 Å². The van der Waals surface area contributed by atoms with Crippen LogP contribution in [0.2, 0.25) is 0 Å². The van der Waals surface area contributed by atoms with E-state index < -0.39 is 0 Å². The van der Waals surface area contributed by atoms with Crippen molar-refractivity contribution in [3.63, 3.8) is 0 Å². The van der Waals surface area contributed by atoms with Crippen LogP contribution in [0.15, 0.2) is 0 Å². The van der Waals surface area contributed by atoms with Crippen molar-refractivity contribution in [2.45, 2.75) is 45.6 Å². The highest BCUT2D eigenvalue weighted by molar-refractivity contribution is 4.77. The Balaban J connectivity index is 1.94. The molecule has 2 rings (SSSR count). The predicted molar refractivity (Wildman–Crippen MR) is 55.4 cm³/mol. The second-order valence-corrected chi connectivity index (χ2v) is 4.81. The molecular weight excluding hydrogens is 160 g/mol. The molecule has 0 radical (unpaired) electrons. The van der Waals surface area contributed by atoms with E-state index >= 15 is 0 Å². The minimum Gasteiger partial charge on any atom is -0.242 e. The van der Waals surface area contributed by atoms with Gasteiger partial charge in [0.2, 0.25) is 0 Å². The summed E-state index contributed by atoms with van der Waals surface area (Å²) in [6.07, 6.45) is 5.61. The number of piperidine rings is 1. The number of hydrogen-bond acceptors (Lipinski definition) is 2. The molecule has 2 saturated heterocycles. The largest absolute Gasteiger partial charge is 0.242 e. The van der Waals surface area contributed by atoms with Gasteiger partial charge in [-0.2, -0.15) is 0 Å². The minimum absolute atomic E-state index is 0.786. The smallest absolute Gasteiger partial charge is 0.0217 e. The summed E-state index contributed by atoms with van der Waals surface area (Å²) in [6, 6.07) is 0.786. The highest BCUT2D eigenvalue weighted by Crippen LogP contribution is 2.25. The van der Waals surface area contributed by atoms with Crippen LogP contribution in [0, 0.1) is 5.92 Å². The molecule has 0 aromatic rings. The van der Waals surface area contributed by atoms with Crippen molar-refractivity contribution >= 4 is 0 Å². The SMILES string of the molecule is CC1CCC(C)N(N2CCCC2)C1. The molecule has 2 unspecified atom stereocenters. The average molecular weight is 182 g/mol. The molecule has 0 aromatic carbocycles. The zero-order valence-electron chi connectivity index (χ0n) is 9.00. The maximum atomic E-state index is 2.63. The Labute approximate surface area is 81.9 Å². The van der Waals surface area contributed by atoms with Crippen LogP contribution in [0.5, 0.6) is 0 Å². The first-order valence-corrected chi connectivity index (χ1v) is 5.79. The van der Waals surface area contributed by atoms with Crippen LogP contribution in [0.25, 0.3) is 0 Å². The lowest BCUT2D eigenvalue weighted by molar-refractivity contribution is -0.0694. The molecule has 2 aliphatic heterocycles. The highest BCUT2D eigenvalue weighted by atomic mass is 15.6. The molecule has 0 aliphatic carbocycles. The molecule has 0 N–H and O–H groups in total. The number of hydrazine groups is 1. The fourth-order valence-corrected chi connectivity index (χ4v) is 2.62. The first kappa shape index (κ1) is 9.47. The second kappa shape index (κ2) is 3.97. The van der Waals surface area contributed by atoms with Crippen LogP contribution < -0.4 is 0 Å². The van der Waals surface area contributed by atoms with Crippen molar-refractivity contribution in [3.8, 4) is 0 Å². The first-order chi connectivity index (χ1) is 6.27. The Bertz CT molecular complexity index is 163. The lowest BCUT2D eigenvalue weighted by Gasteiger charge is -2.42. The van der Waals surface area contributed by atoms with E-state index in [0.29, 0.717) is 0 Å². The molecule has 2 atom stereocenters. The van der Waals surface area contributed by atoms with Crippen molar-refractivity contribution in [1.29, 1.82) is 0 Å². The molecule has 0 saturated carbocycles. The van der Waals surface area contributed by atoms with Gasteiger partial charge < -0.3 is 0 Å². The van der Waals surface area contributed by atoms with E-state index in [-0.39, 0.29) is 0 Å². The predicted octanol–water partition coefficient (Wildman–Crippen LogP) is 2.12. The van der Waals surface area contributed by atoms with Crippen molar-refractivity contribution in [3.05, 3.63) is 0 Å². The molecule has 2 nitrogen and oxygen atoms in total. The molecule has 2 heteroatoms. The maximum absolute atomic E-state index is 2.63. The van der Waals surface area contributed by atoms with Crippen molar-refractivity contribution < 1.29 is 0 Å². The molecule has 2 heterocycles. The minimum atomic E-state index is 0.786. The number of rotatable bonds is 1. The monoisotopic (exact) mass is 182 g/mol. The second-order valence-electron chi connectivity index (χ2n) is 4.81. The van der Waals surface area contributed by atoms with Gasteiger partial charge in [-0.25, -0.2) is 10.0 Å². The number of nitrogens with zero attached hydrogens (tertiary/aromatic N) is 2. The summed E-state index contributed by atoms with van der Waals surface area (Å²) < 4.78 is 0. The van der Waals surface area contributed by atoms with Gasteiger partial charge in [0.15, 0.2) is 0 Å². The summed E-state index contributed by atoms with van der Waals surface area (Å²) in [4.78, 5) is 0. The summed E-state index contributed by atoms with van der Waals surface area (Å²) in [5.74, 6) is 0.900. The summed E-state index contributed by atoms with van der Waals surface area (Å²) in [6.45, 7) is 8.66. The fourth-order valence-electron chi connectivity index (χ4n) is 2.62. The Kier molecular flexibility index (Phi) is 2.89. The van der Waals surface area contributed by atoms with Gasteiger partial charge in [-0.15, -0.1) is 0 Å². The van der Waals surface area contributed by atoms with Gasteiger partial charge in [0.25, 0.3) is 0 Å². The van der Waals surface area contributed by atoms with Gasteiger partial charge in [-0.1, -0.05) is 6.92 Å². The first-order valence-electron chi connectivity index (χ1n) is 5.79. The van der Waals surface area contributed by atoms with Crippen LogP contribution in [0.3, 0.4) is 0 Å². The molecular formula is C11H22N2. The molecule has 0 bridgehead atoms. The highest BCUT2D eigenvalue weighted by Gasteiger charge is 2.28. The van der Waals surface area contributed by atoms with Crippen molar-refractivity contribution in [1.82, 2.24) is 10.0 Å². The Morgan fingerprint density at radius 1 is 1.00 bits per heavy atom. The van der Waals surface area contributed by atoms with E-state index in [4.69, 9.17) is 0 Å². The van der Waals surface area contributed by atoms with E-state index in [1.165, 1.54) is 45.3 Å². The quantitative estimate of drug-likeness (QED) is 0.613.